The Labute approximate surface area is 127 Å². The SMILES string of the molecule is Cc1noc(C)c1CCCN=C(N)NC1CCCCCC1. The van der Waals surface area contributed by atoms with Crippen LogP contribution in [0.15, 0.2) is 9.52 Å². The molecule has 1 aromatic rings. The van der Waals surface area contributed by atoms with Gasteiger partial charge in [0.1, 0.15) is 5.76 Å². The number of hydrogen-bond donors (Lipinski definition) is 2. The quantitative estimate of drug-likeness (QED) is 0.379. The van der Waals surface area contributed by atoms with Gasteiger partial charge in [-0.05, 0) is 39.5 Å². The molecule has 3 N–H and O–H groups in total. The molecule has 0 bridgehead atoms. The van der Waals surface area contributed by atoms with Crippen molar-refractivity contribution in [3.8, 4) is 0 Å². The second-order valence-electron chi connectivity index (χ2n) is 6.01. The predicted molar refractivity (Wildman–Crippen MR) is 85.4 cm³/mol. The lowest BCUT2D eigenvalue weighted by Crippen LogP contribution is -2.39. The molecule has 0 radical (unpaired) electrons. The molecule has 0 amide bonds. The van der Waals surface area contributed by atoms with Crippen LogP contribution in [-0.2, 0) is 6.42 Å². The Balaban J connectivity index is 1.70. The van der Waals surface area contributed by atoms with Gasteiger partial charge >= 0.3 is 0 Å². The number of aromatic nitrogens is 1. The maximum Gasteiger partial charge on any atom is 0.188 e. The van der Waals surface area contributed by atoms with Crippen molar-refractivity contribution in [3.63, 3.8) is 0 Å². The van der Waals surface area contributed by atoms with Gasteiger partial charge in [0, 0.05) is 18.2 Å². The number of hydrogen-bond acceptors (Lipinski definition) is 3. The first-order valence-electron chi connectivity index (χ1n) is 8.15. The van der Waals surface area contributed by atoms with E-state index < -0.39 is 0 Å². The van der Waals surface area contributed by atoms with Crippen LogP contribution in [0.4, 0.5) is 0 Å². The number of rotatable bonds is 5. The highest BCUT2D eigenvalue weighted by molar-refractivity contribution is 5.78. The Morgan fingerprint density at radius 3 is 2.62 bits per heavy atom. The van der Waals surface area contributed by atoms with Crippen LogP contribution in [0.3, 0.4) is 0 Å². The first-order valence-corrected chi connectivity index (χ1v) is 8.15. The van der Waals surface area contributed by atoms with Crippen LogP contribution in [-0.4, -0.2) is 23.7 Å². The second-order valence-corrected chi connectivity index (χ2v) is 6.01. The van der Waals surface area contributed by atoms with E-state index in [-0.39, 0.29) is 0 Å². The number of aryl methyl sites for hydroxylation is 2. The molecule has 0 aromatic carbocycles. The predicted octanol–water partition coefficient (Wildman–Crippen LogP) is 2.85. The molecule has 1 aromatic heterocycles. The lowest BCUT2D eigenvalue weighted by Gasteiger charge is -2.16. The molecule has 0 unspecified atom stereocenters. The summed E-state index contributed by atoms with van der Waals surface area (Å²) in [6.45, 7) is 4.69. The van der Waals surface area contributed by atoms with Crippen LogP contribution in [0.25, 0.3) is 0 Å². The van der Waals surface area contributed by atoms with E-state index in [4.69, 9.17) is 10.3 Å². The largest absolute Gasteiger partial charge is 0.370 e. The Bertz CT molecular complexity index is 439. The number of nitrogens with zero attached hydrogens (tertiary/aromatic N) is 2. The number of aliphatic imine (C=N–C) groups is 1. The Kier molecular flexibility index (Phi) is 6.08. The second kappa shape index (κ2) is 8.05. The molecule has 0 aliphatic heterocycles. The molecule has 1 aliphatic rings. The van der Waals surface area contributed by atoms with Gasteiger partial charge in [0.25, 0.3) is 0 Å². The van der Waals surface area contributed by atoms with Gasteiger partial charge in [0.15, 0.2) is 5.96 Å². The van der Waals surface area contributed by atoms with Gasteiger partial charge in [0.05, 0.1) is 5.69 Å². The number of guanidine groups is 1. The summed E-state index contributed by atoms with van der Waals surface area (Å²) in [5, 5.41) is 7.34. The molecular weight excluding hydrogens is 264 g/mol. The zero-order valence-corrected chi connectivity index (χ0v) is 13.3. The fourth-order valence-corrected chi connectivity index (χ4v) is 2.99. The maximum absolute atomic E-state index is 5.98. The Morgan fingerprint density at radius 1 is 1.29 bits per heavy atom. The molecule has 0 saturated heterocycles. The zero-order chi connectivity index (χ0) is 15.1. The monoisotopic (exact) mass is 292 g/mol. The minimum absolute atomic E-state index is 0.513. The van der Waals surface area contributed by atoms with Crippen molar-refractivity contribution < 1.29 is 4.52 Å². The molecule has 1 fully saturated rings. The average Bonchev–Trinajstić information content (AvgIpc) is 2.68. The van der Waals surface area contributed by atoms with Gasteiger partial charge in [-0.3, -0.25) is 4.99 Å². The van der Waals surface area contributed by atoms with Crippen LogP contribution in [0.5, 0.6) is 0 Å². The normalized spacial score (nSPS) is 17.7. The molecule has 1 heterocycles. The van der Waals surface area contributed by atoms with Gasteiger partial charge in [-0.15, -0.1) is 0 Å². The van der Waals surface area contributed by atoms with E-state index in [1.807, 2.05) is 13.8 Å². The van der Waals surface area contributed by atoms with Crippen LogP contribution >= 0.6 is 0 Å². The molecule has 5 nitrogen and oxygen atoms in total. The summed E-state index contributed by atoms with van der Waals surface area (Å²) in [4.78, 5) is 4.44. The summed E-state index contributed by atoms with van der Waals surface area (Å²) < 4.78 is 5.16. The molecule has 5 heteroatoms. The zero-order valence-electron chi connectivity index (χ0n) is 13.3. The van der Waals surface area contributed by atoms with Gasteiger partial charge < -0.3 is 15.6 Å². The van der Waals surface area contributed by atoms with Gasteiger partial charge in [-0.25, -0.2) is 0 Å². The Hall–Kier alpha value is -1.52. The molecule has 1 saturated carbocycles. The van der Waals surface area contributed by atoms with Crippen molar-refractivity contribution >= 4 is 5.96 Å². The molecule has 118 valence electrons. The molecule has 2 rings (SSSR count). The van der Waals surface area contributed by atoms with Gasteiger partial charge in [-0.2, -0.15) is 0 Å². The number of nitrogens with two attached hydrogens (primary N) is 1. The summed E-state index contributed by atoms with van der Waals surface area (Å²) in [7, 11) is 0. The van der Waals surface area contributed by atoms with Crippen molar-refractivity contribution in [2.45, 2.75) is 71.3 Å². The summed E-state index contributed by atoms with van der Waals surface area (Å²) in [6, 6.07) is 0.513. The van der Waals surface area contributed by atoms with Crippen LogP contribution in [0.1, 0.15) is 62.0 Å². The van der Waals surface area contributed by atoms with E-state index in [1.165, 1.54) is 44.1 Å². The smallest absolute Gasteiger partial charge is 0.188 e. The van der Waals surface area contributed by atoms with E-state index in [0.717, 1.165) is 30.8 Å². The molecule has 0 spiro atoms. The number of nitrogens with one attached hydrogen (secondary N) is 1. The van der Waals surface area contributed by atoms with E-state index in [0.29, 0.717) is 12.0 Å². The lowest BCUT2D eigenvalue weighted by atomic mass is 10.1. The highest BCUT2D eigenvalue weighted by Gasteiger charge is 2.12. The first-order chi connectivity index (χ1) is 10.2. The van der Waals surface area contributed by atoms with E-state index in [9.17, 15) is 0 Å². The van der Waals surface area contributed by atoms with Crippen molar-refractivity contribution in [1.29, 1.82) is 0 Å². The molecular formula is C16H28N4O. The van der Waals surface area contributed by atoms with E-state index >= 15 is 0 Å². The minimum Gasteiger partial charge on any atom is -0.370 e. The first kappa shape index (κ1) is 15.9. The minimum atomic E-state index is 0.513. The third kappa shape index (κ3) is 5.06. The molecule has 1 aliphatic carbocycles. The standard InChI is InChI=1S/C16H28N4O/c1-12-15(13(2)21-20-12)10-7-11-18-16(17)19-14-8-5-3-4-6-9-14/h14H,3-11H2,1-2H3,(H3,17,18,19). The molecule has 21 heavy (non-hydrogen) atoms. The van der Waals surface area contributed by atoms with Gasteiger partial charge in [-0.1, -0.05) is 30.8 Å². The van der Waals surface area contributed by atoms with Crippen molar-refractivity contribution in [1.82, 2.24) is 10.5 Å². The van der Waals surface area contributed by atoms with Crippen molar-refractivity contribution in [2.75, 3.05) is 6.54 Å². The average molecular weight is 292 g/mol. The van der Waals surface area contributed by atoms with E-state index in [2.05, 4.69) is 15.5 Å². The highest BCUT2D eigenvalue weighted by atomic mass is 16.5. The summed E-state index contributed by atoms with van der Waals surface area (Å²) >= 11 is 0. The fraction of sp³-hybridized carbons (Fsp3) is 0.750. The topological polar surface area (TPSA) is 76.4 Å². The molecule has 0 atom stereocenters. The highest BCUT2D eigenvalue weighted by Crippen LogP contribution is 2.17. The third-order valence-electron chi connectivity index (χ3n) is 4.26. The van der Waals surface area contributed by atoms with Crippen LogP contribution in [0.2, 0.25) is 0 Å². The van der Waals surface area contributed by atoms with E-state index in [1.54, 1.807) is 0 Å². The summed E-state index contributed by atoms with van der Waals surface area (Å²) in [6.07, 6.45) is 9.66. The Morgan fingerprint density at radius 2 is 2.00 bits per heavy atom. The van der Waals surface area contributed by atoms with Crippen LogP contribution < -0.4 is 11.1 Å². The third-order valence-corrected chi connectivity index (χ3v) is 4.26. The summed E-state index contributed by atoms with van der Waals surface area (Å²) in [5.74, 6) is 1.52. The van der Waals surface area contributed by atoms with Crippen LogP contribution in [0, 0.1) is 13.8 Å². The summed E-state index contributed by atoms with van der Waals surface area (Å²) in [5.41, 5.74) is 8.18. The van der Waals surface area contributed by atoms with Crippen molar-refractivity contribution in [2.24, 2.45) is 10.7 Å². The lowest BCUT2D eigenvalue weighted by molar-refractivity contribution is 0.392. The van der Waals surface area contributed by atoms with Gasteiger partial charge in [0.2, 0.25) is 0 Å². The maximum atomic E-state index is 5.98. The van der Waals surface area contributed by atoms with Crippen molar-refractivity contribution in [3.05, 3.63) is 17.0 Å². The fourth-order valence-electron chi connectivity index (χ4n) is 2.99.